The SMILES string of the molecule is Cc1nn(C)c2ccc(-c3ccc(C(=O)N4CCN(C(=O)C5(O)CC5)C(C)C4)cc3)cc12. The Morgan fingerprint density at radius 1 is 1.06 bits per heavy atom. The zero-order chi connectivity index (χ0) is 22.6. The zero-order valence-corrected chi connectivity index (χ0v) is 18.7. The van der Waals surface area contributed by atoms with Crippen LogP contribution >= 0.6 is 0 Å². The van der Waals surface area contributed by atoms with Crippen LogP contribution in [-0.4, -0.2) is 67.8 Å². The van der Waals surface area contributed by atoms with Crippen molar-refractivity contribution in [1.29, 1.82) is 0 Å². The largest absolute Gasteiger partial charge is 0.380 e. The van der Waals surface area contributed by atoms with Crippen LogP contribution in [0.25, 0.3) is 22.0 Å². The van der Waals surface area contributed by atoms with Crippen LogP contribution in [0, 0.1) is 6.92 Å². The molecule has 2 fully saturated rings. The Bertz CT molecular complexity index is 1210. The summed E-state index contributed by atoms with van der Waals surface area (Å²) in [5, 5.41) is 15.7. The molecule has 0 radical (unpaired) electrons. The Labute approximate surface area is 187 Å². The molecule has 7 nitrogen and oxygen atoms in total. The Balaban J connectivity index is 1.29. The van der Waals surface area contributed by atoms with E-state index >= 15 is 0 Å². The van der Waals surface area contributed by atoms with Gasteiger partial charge in [0.2, 0.25) is 0 Å². The maximum absolute atomic E-state index is 13.1. The lowest BCUT2D eigenvalue weighted by molar-refractivity contribution is -0.146. The molecule has 3 aromatic rings. The first-order valence-corrected chi connectivity index (χ1v) is 11.1. The average molecular weight is 433 g/mol. The molecular formula is C25H28N4O3. The van der Waals surface area contributed by atoms with Gasteiger partial charge in [0, 0.05) is 43.7 Å². The molecule has 1 aliphatic heterocycles. The highest BCUT2D eigenvalue weighted by Crippen LogP contribution is 2.37. The molecule has 5 rings (SSSR count). The topological polar surface area (TPSA) is 78.7 Å². The highest BCUT2D eigenvalue weighted by Gasteiger charge is 2.51. The number of amides is 2. The molecule has 0 bridgehead atoms. The van der Waals surface area contributed by atoms with Crippen molar-refractivity contribution in [2.75, 3.05) is 19.6 Å². The van der Waals surface area contributed by atoms with Gasteiger partial charge in [0.25, 0.3) is 11.8 Å². The van der Waals surface area contributed by atoms with Gasteiger partial charge in [-0.25, -0.2) is 0 Å². The average Bonchev–Trinajstić information content (AvgIpc) is 3.49. The van der Waals surface area contributed by atoms with E-state index in [2.05, 4.69) is 23.3 Å². The maximum Gasteiger partial charge on any atom is 0.254 e. The fourth-order valence-corrected chi connectivity index (χ4v) is 4.65. The van der Waals surface area contributed by atoms with Crippen LogP contribution in [0.3, 0.4) is 0 Å². The second-order valence-electron chi connectivity index (χ2n) is 9.15. The van der Waals surface area contributed by atoms with E-state index in [4.69, 9.17) is 0 Å². The minimum absolute atomic E-state index is 0.0285. The summed E-state index contributed by atoms with van der Waals surface area (Å²) in [6.45, 7) is 5.34. The number of carbonyl (C=O) groups excluding carboxylic acids is 2. The van der Waals surface area contributed by atoms with Crippen LogP contribution in [0.15, 0.2) is 42.5 Å². The van der Waals surface area contributed by atoms with E-state index < -0.39 is 5.60 Å². The predicted molar refractivity (Wildman–Crippen MR) is 122 cm³/mol. The van der Waals surface area contributed by atoms with Crippen molar-refractivity contribution in [2.24, 2.45) is 7.05 Å². The Hall–Kier alpha value is -3.19. The number of fused-ring (bicyclic) bond motifs is 1. The summed E-state index contributed by atoms with van der Waals surface area (Å²) in [7, 11) is 1.94. The summed E-state index contributed by atoms with van der Waals surface area (Å²) >= 11 is 0. The maximum atomic E-state index is 13.1. The molecule has 166 valence electrons. The van der Waals surface area contributed by atoms with Gasteiger partial charge in [-0.1, -0.05) is 18.2 Å². The predicted octanol–water partition coefficient (Wildman–Crippen LogP) is 2.75. The fraction of sp³-hybridized carbons (Fsp3) is 0.400. The first-order chi connectivity index (χ1) is 15.3. The van der Waals surface area contributed by atoms with Crippen molar-refractivity contribution in [1.82, 2.24) is 19.6 Å². The molecule has 1 atom stereocenters. The number of aliphatic hydroxyl groups is 1. The number of benzene rings is 2. The number of rotatable bonds is 3. The van der Waals surface area contributed by atoms with E-state index in [9.17, 15) is 14.7 Å². The van der Waals surface area contributed by atoms with Crippen LogP contribution in [0.5, 0.6) is 0 Å². The van der Waals surface area contributed by atoms with E-state index in [0.29, 0.717) is 38.0 Å². The number of nitrogens with zero attached hydrogens (tertiary/aromatic N) is 4. The van der Waals surface area contributed by atoms with E-state index in [-0.39, 0.29) is 17.9 Å². The Kier molecular flexibility index (Phi) is 4.82. The third kappa shape index (κ3) is 3.46. The second-order valence-corrected chi connectivity index (χ2v) is 9.15. The molecule has 1 unspecified atom stereocenters. The van der Waals surface area contributed by atoms with Crippen LogP contribution in [0.4, 0.5) is 0 Å². The number of aryl methyl sites for hydroxylation is 2. The lowest BCUT2D eigenvalue weighted by Gasteiger charge is -2.40. The molecule has 1 aromatic heterocycles. The number of hydrogen-bond acceptors (Lipinski definition) is 4. The molecule has 7 heteroatoms. The van der Waals surface area contributed by atoms with Crippen molar-refractivity contribution >= 4 is 22.7 Å². The van der Waals surface area contributed by atoms with Crippen molar-refractivity contribution in [2.45, 2.75) is 38.3 Å². The van der Waals surface area contributed by atoms with Crippen LogP contribution in [0.1, 0.15) is 35.8 Å². The quantitative estimate of drug-likeness (QED) is 0.690. The molecule has 1 aliphatic carbocycles. The zero-order valence-electron chi connectivity index (χ0n) is 18.7. The van der Waals surface area contributed by atoms with E-state index in [1.165, 1.54) is 0 Å². The highest BCUT2D eigenvalue weighted by molar-refractivity contribution is 5.95. The summed E-state index contributed by atoms with van der Waals surface area (Å²) in [6, 6.07) is 13.9. The van der Waals surface area contributed by atoms with Crippen molar-refractivity contribution < 1.29 is 14.7 Å². The summed E-state index contributed by atoms with van der Waals surface area (Å²) in [4.78, 5) is 29.1. The molecule has 0 spiro atoms. The Morgan fingerprint density at radius 3 is 2.41 bits per heavy atom. The minimum atomic E-state index is -1.16. The van der Waals surface area contributed by atoms with Crippen LogP contribution in [0.2, 0.25) is 0 Å². The molecule has 1 saturated carbocycles. The van der Waals surface area contributed by atoms with Gasteiger partial charge in [0.15, 0.2) is 0 Å². The molecule has 2 aromatic carbocycles. The van der Waals surface area contributed by atoms with Crippen molar-refractivity contribution in [3.63, 3.8) is 0 Å². The van der Waals surface area contributed by atoms with E-state index in [1.807, 2.05) is 49.8 Å². The summed E-state index contributed by atoms with van der Waals surface area (Å²) < 4.78 is 1.88. The fourth-order valence-electron chi connectivity index (χ4n) is 4.65. The minimum Gasteiger partial charge on any atom is -0.380 e. The molecule has 2 heterocycles. The number of piperazine rings is 1. The lowest BCUT2D eigenvalue weighted by atomic mass is 10.0. The third-order valence-corrected chi connectivity index (χ3v) is 6.80. The van der Waals surface area contributed by atoms with Gasteiger partial charge in [-0.3, -0.25) is 14.3 Å². The first-order valence-electron chi connectivity index (χ1n) is 11.1. The van der Waals surface area contributed by atoms with Crippen LogP contribution < -0.4 is 0 Å². The van der Waals surface area contributed by atoms with Gasteiger partial charge in [0.05, 0.1) is 11.2 Å². The molecule has 2 amide bonds. The number of hydrogen-bond donors (Lipinski definition) is 1. The van der Waals surface area contributed by atoms with Crippen LogP contribution in [-0.2, 0) is 11.8 Å². The summed E-state index contributed by atoms with van der Waals surface area (Å²) in [5.41, 5.74) is 3.71. The standard InChI is InChI=1S/C25H28N4O3/c1-16-15-28(12-13-29(16)24(31)25(32)10-11-25)23(30)19-6-4-18(5-7-19)20-8-9-22-21(14-20)17(2)26-27(22)3/h4-9,14,16,32H,10-13,15H2,1-3H3. The van der Waals surface area contributed by atoms with Gasteiger partial charge in [-0.2, -0.15) is 5.10 Å². The van der Waals surface area contributed by atoms with Gasteiger partial charge < -0.3 is 14.9 Å². The molecule has 1 saturated heterocycles. The van der Waals surface area contributed by atoms with Gasteiger partial charge in [0.1, 0.15) is 5.60 Å². The molecule has 1 N–H and O–H groups in total. The third-order valence-electron chi connectivity index (χ3n) is 6.80. The smallest absolute Gasteiger partial charge is 0.254 e. The normalized spacial score (nSPS) is 19.9. The van der Waals surface area contributed by atoms with Gasteiger partial charge >= 0.3 is 0 Å². The molecular weight excluding hydrogens is 404 g/mol. The van der Waals surface area contributed by atoms with Gasteiger partial charge in [-0.15, -0.1) is 0 Å². The summed E-state index contributed by atoms with van der Waals surface area (Å²) in [5.74, 6) is -0.221. The number of aromatic nitrogens is 2. The molecule has 2 aliphatic rings. The van der Waals surface area contributed by atoms with E-state index in [0.717, 1.165) is 27.7 Å². The monoisotopic (exact) mass is 432 g/mol. The second kappa shape index (κ2) is 7.45. The highest BCUT2D eigenvalue weighted by atomic mass is 16.3. The number of carbonyl (C=O) groups is 2. The molecule has 32 heavy (non-hydrogen) atoms. The summed E-state index contributed by atoms with van der Waals surface area (Å²) in [6.07, 6.45) is 1.08. The lowest BCUT2D eigenvalue weighted by Crippen LogP contribution is -2.57. The first kappa shape index (κ1) is 20.7. The van der Waals surface area contributed by atoms with Crippen molar-refractivity contribution in [3.8, 4) is 11.1 Å². The Morgan fingerprint density at radius 2 is 1.75 bits per heavy atom. The van der Waals surface area contributed by atoms with Gasteiger partial charge in [-0.05, 0) is 62.1 Å². The van der Waals surface area contributed by atoms with Crippen molar-refractivity contribution in [3.05, 3.63) is 53.7 Å². The van der Waals surface area contributed by atoms with E-state index in [1.54, 1.807) is 9.80 Å².